The van der Waals surface area contributed by atoms with Gasteiger partial charge in [-0.05, 0) is 32.1 Å². The first-order valence-electron chi connectivity index (χ1n) is 9.28. The molecule has 0 saturated carbocycles. The maximum Gasteiger partial charge on any atom is 0.316 e. The molecule has 3 nitrogen and oxygen atoms in total. The lowest BCUT2D eigenvalue weighted by Crippen LogP contribution is -1.87. The molecular formula is C18H37O3P. The van der Waals surface area contributed by atoms with Crippen molar-refractivity contribution >= 4 is 8.25 Å². The van der Waals surface area contributed by atoms with E-state index in [0.717, 1.165) is 12.8 Å². The Labute approximate surface area is 138 Å². The molecule has 0 aliphatic carbocycles. The van der Waals surface area contributed by atoms with E-state index in [1.807, 2.05) is 0 Å². The molecule has 0 aromatic rings. The van der Waals surface area contributed by atoms with Crippen LogP contribution in [0.2, 0.25) is 0 Å². The van der Waals surface area contributed by atoms with E-state index in [9.17, 15) is 4.57 Å². The molecule has 0 heterocycles. The lowest BCUT2D eigenvalue weighted by molar-refractivity contribution is 0.273. The van der Waals surface area contributed by atoms with Crippen molar-refractivity contribution in [3.05, 3.63) is 12.2 Å². The van der Waals surface area contributed by atoms with Crippen LogP contribution in [-0.2, 0) is 9.09 Å². The topological polar surface area (TPSA) is 46.5 Å². The highest BCUT2D eigenvalue weighted by atomic mass is 31.1. The zero-order chi connectivity index (χ0) is 16.3. The summed E-state index contributed by atoms with van der Waals surface area (Å²) in [6, 6.07) is 0. The quantitative estimate of drug-likeness (QED) is 0.190. The highest BCUT2D eigenvalue weighted by molar-refractivity contribution is 7.32. The largest absolute Gasteiger partial charge is 0.326 e. The molecule has 0 radical (unpaired) electrons. The minimum Gasteiger partial charge on any atom is -0.326 e. The van der Waals surface area contributed by atoms with Crippen molar-refractivity contribution in [3.63, 3.8) is 0 Å². The van der Waals surface area contributed by atoms with Crippen molar-refractivity contribution < 1.29 is 14.0 Å². The zero-order valence-corrected chi connectivity index (χ0v) is 15.5. The first-order chi connectivity index (χ1) is 10.8. The highest BCUT2D eigenvalue weighted by Crippen LogP contribution is 2.16. The van der Waals surface area contributed by atoms with Gasteiger partial charge in [0.05, 0.1) is 6.61 Å². The highest BCUT2D eigenvalue weighted by Gasteiger charge is 1.94. The van der Waals surface area contributed by atoms with Gasteiger partial charge in [0.25, 0.3) is 0 Å². The maximum atomic E-state index is 10.3. The van der Waals surface area contributed by atoms with Gasteiger partial charge in [-0.2, -0.15) is 0 Å². The Bertz CT molecular complexity index is 267. The zero-order valence-electron chi connectivity index (χ0n) is 14.5. The Morgan fingerprint density at radius 2 is 1.23 bits per heavy atom. The smallest absolute Gasteiger partial charge is 0.316 e. The number of hydrogen-bond acceptors (Lipinski definition) is 2. The van der Waals surface area contributed by atoms with Gasteiger partial charge in [-0.3, -0.25) is 4.57 Å². The molecule has 0 fully saturated rings. The van der Waals surface area contributed by atoms with Crippen LogP contribution in [0.1, 0.15) is 96.8 Å². The van der Waals surface area contributed by atoms with Crippen LogP contribution in [-0.4, -0.2) is 11.5 Å². The molecule has 0 spiro atoms. The summed E-state index contributed by atoms with van der Waals surface area (Å²) in [5.41, 5.74) is 0. The summed E-state index contributed by atoms with van der Waals surface area (Å²) >= 11 is 0. The summed E-state index contributed by atoms with van der Waals surface area (Å²) in [5.74, 6) is 0. The lowest BCUT2D eigenvalue weighted by Gasteiger charge is -2.01. The predicted octanol–water partition coefficient (Wildman–Crippen LogP) is 6.42. The second kappa shape index (κ2) is 18.9. The molecule has 0 bridgehead atoms. The number of unbranched alkanes of at least 4 members (excludes halogenated alkanes) is 12. The molecule has 0 aliphatic heterocycles. The number of hydrogen-bond donors (Lipinski definition) is 1. The van der Waals surface area contributed by atoms with E-state index in [0.29, 0.717) is 6.61 Å². The van der Waals surface area contributed by atoms with Crippen LogP contribution in [0.25, 0.3) is 0 Å². The van der Waals surface area contributed by atoms with Crippen LogP contribution in [0.15, 0.2) is 12.2 Å². The van der Waals surface area contributed by atoms with Crippen LogP contribution in [0.5, 0.6) is 0 Å². The van der Waals surface area contributed by atoms with Crippen LogP contribution >= 0.6 is 8.25 Å². The Balaban J connectivity index is 3.06. The van der Waals surface area contributed by atoms with Gasteiger partial charge in [0.15, 0.2) is 0 Å². The molecule has 1 unspecified atom stereocenters. The molecule has 0 aromatic carbocycles. The summed E-state index contributed by atoms with van der Waals surface area (Å²) < 4.78 is 15.0. The summed E-state index contributed by atoms with van der Waals surface area (Å²) in [6.45, 7) is 2.69. The average Bonchev–Trinajstić information content (AvgIpc) is 2.50. The van der Waals surface area contributed by atoms with Crippen molar-refractivity contribution in [3.8, 4) is 0 Å². The minimum absolute atomic E-state index is 0.426. The van der Waals surface area contributed by atoms with Gasteiger partial charge in [-0.15, -0.1) is 0 Å². The van der Waals surface area contributed by atoms with E-state index in [1.165, 1.54) is 77.0 Å². The van der Waals surface area contributed by atoms with Gasteiger partial charge < -0.3 is 9.42 Å². The van der Waals surface area contributed by atoms with Crippen molar-refractivity contribution in [1.82, 2.24) is 0 Å². The molecular weight excluding hydrogens is 295 g/mol. The molecule has 0 aromatic heterocycles. The Morgan fingerprint density at radius 3 is 1.73 bits per heavy atom. The third-order valence-corrected chi connectivity index (χ3v) is 4.33. The lowest BCUT2D eigenvalue weighted by atomic mass is 10.1. The van der Waals surface area contributed by atoms with Gasteiger partial charge in [-0.25, -0.2) is 0 Å². The summed E-state index contributed by atoms with van der Waals surface area (Å²) in [6.07, 6.45) is 22.5. The van der Waals surface area contributed by atoms with Crippen LogP contribution in [0, 0.1) is 0 Å². The van der Waals surface area contributed by atoms with Crippen molar-refractivity contribution in [2.45, 2.75) is 96.8 Å². The molecule has 0 saturated heterocycles. The van der Waals surface area contributed by atoms with Crippen molar-refractivity contribution in [1.29, 1.82) is 0 Å². The molecule has 0 rings (SSSR count). The number of rotatable bonds is 17. The molecule has 0 amide bonds. The Hall–Kier alpha value is -0.110. The molecule has 1 atom stereocenters. The SMILES string of the molecule is CCCCCCCCC=CCCCCCCCCO[PH](=O)O. The molecule has 4 heteroatoms. The van der Waals surface area contributed by atoms with Crippen LogP contribution < -0.4 is 0 Å². The molecule has 22 heavy (non-hydrogen) atoms. The second-order valence-corrected chi connectivity index (χ2v) is 6.87. The third-order valence-electron chi connectivity index (χ3n) is 3.88. The van der Waals surface area contributed by atoms with E-state index in [-0.39, 0.29) is 0 Å². The third kappa shape index (κ3) is 19.9. The monoisotopic (exact) mass is 332 g/mol. The summed E-state index contributed by atoms with van der Waals surface area (Å²) in [5, 5.41) is 0. The van der Waals surface area contributed by atoms with Crippen LogP contribution in [0.4, 0.5) is 0 Å². The summed E-state index contributed by atoms with van der Waals surface area (Å²) in [4.78, 5) is 8.50. The van der Waals surface area contributed by atoms with E-state index in [4.69, 9.17) is 4.89 Å². The fraction of sp³-hybridized carbons (Fsp3) is 0.889. The van der Waals surface area contributed by atoms with Crippen LogP contribution in [0.3, 0.4) is 0 Å². The first kappa shape index (κ1) is 21.9. The van der Waals surface area contributed by atoms with E-state index in [2.05, 4.69) is 23.6 Å². The van der Waals surface area contributed by atoms with Crippen molar-refractivity contribution in [2.24, 2.45) is 0 Å². The minimum atomic E-state index is -2.71. The van der Waals surface area contributed by atoms with Gasteiger partial charge in [0.2, 0.25) is 0 Å². The van der Waals surface area contributed by atoms with E-state index in [1.54, 1.807) is 0 Å². The molecule has 0 aliphatic rings. The second-order valence-electron chi connectivity index (χ2n) is 6.05. The fourth-order valence-electron chi connectivity index (χ4n) is 2.51. The normalized spacial score (nSPS) is 13.0. The van der Waals surface area contributed by atoms with Gasteiger partial charge in [0, 0.05) is 0 Å². The maximum absolute atomic E-state index is 10.3. The molecule has 1 N–H and O–H groups in total. The fourth-order valence-corrected chi connectivity index (χ4v) is 2.83. The van der Waals surface area contributed by atoms with Gasteiger partial charge in [-0.1, -0.05) is 76.9 Å². The Kier molecular flexibility index (Phi) is 18.8. The van der Waals surface area contributed by atoms with Gasteiger partial charge in [0.1, 0.15) is 0 Å². The van der Waals surface area contributed by atoms with E-state index >= 15 is 0 Å². The van der Waals surface area contributed by atoms with Gasteiger partial charge >= 0.3 is 8.25 Å². The Morgan fingerprint density at radius 1 is 0.773 bits per heavy atom. The van der Waals surface area contributed by atoms with E-state index < -0.39 is 8.25 Å². The average molecular weight is 332 g/mol. The molecule has 132 valence electrons. The summed E-state index contributed by atoms with van der Waals surface area (Å²) in [7, 11) is -2.71. The first-order valence-corrected chi connectivity index (χ1v) is 10.5. The predicted molar refractivity (Wildman–Crippen MR) is 96.6 cm³/mol. The standard InChI is InChI=1S/C18H37O3P/c1-2-3-4-5-6-7-8-9-10-11-12-13-14-15-16-17-18-21-22(19)20/h9-10,22H,2-8,11-18H2,1H3,(H,19,20). The number of allylic oxidation sites excluding steroid dienone is 2. The van der Waals surface area contributed by atoms with Crippen molar-refractivity contribution in [2.75, 3.05) is 6.61 Å².